The molecule has 1 aliphatic carbocycles. The Balaban J connectivity index is 0.00000176. The summed E-state index contributed by atoms with van der Waals surface area (Å²) < 4.78 is 0. The molecule has 5 heteroatoms. The quantitative estimate of drug-likeness (QED) is 0.476. The van der Waals surface area contributed by atoms with E-state index in [1.165, 1.54) is 22.3 Å². The van der Waals surface area contributed by atoms with E-state index in [0.29, 0.717) is 5.54 Å². The van der Waals surface area contributed by atoms with Crippen molar-refractivity contribution in [3.8, 4) is 11.1 Å². The van der Waals surface area contributed by atoms with Gasteiger partial charge in [0.25, 0.3) is 0 Å². The molecule has 2 aromatic carbocycles. The molecule has 0 atom stereocenters. The molecule has 0 fully saturated rings. The monoisotopic (exact) mass is 545 g/mol. The smallest absolute Gasteiger partial charge is 1.00 e. The third-order valence-corrected chi connectivity index (χ3v) is 7.71. The molecule has 128 valence electrons. The normalized spacial score (nSPS) is 13.0. The summed E-state index contributed by atoms with van der Waals surface area (Å²) in [5.41, 5.74) is 6.55. The van der Waals surface area contributed by atoms with Gasteiger partial charge in [0.2, 0.25) is 0 Å². The van der Waals surface area contributed by atoms with Gasteiger partial charge in [-0.05, 0) is 43.0 Å². The maximum absolute atomic E-state index is 3.96. The summed E-state index contributed by atoms with van der Waals surface area (Å²) in [6, 6.07) is 17.9. The largest absolute Gasteiger partial charge is 2.00 e. The van der Waals surface area contributed by atoms with Crippen LogP contribution in [-0.2, 0) is 25.8 Å². The number of nitrogens with one attached hydrogen (secondary N) is 1. The zero-order chi connectivity index (χ0) is 15.3. The van der Waals surface area contributed by atoms with Gasteiger partial charge in [-0.2, -0.15) is 0 Å². The summed E-state index contributed by atoms with van der Waals surface area (Å²) in [6.45, 7) is 11.7. The summed E-state index contributed by atoms with van der Waals surface area (Å²) in [4.78, 5) is 3.96. The third-order valence-electron chi connectivity index (χ3n) is 4.25. The van der Waals surface area contributed by atoms with Crippen LogP contribution in [0.3, 0.4) is 0 Å². The zero-order valence-electron chi connectivity index (χ0n) is 15.0. The molecule has 0 unspecified atom stereocenters. The summed E-state index contributed by atoms with van der Waals surface area (Å²) in [6.07, 6.45) is 0. The van der Waals surface area contributed by atoms with E-state index in [0.717, 1.165) is 0 Å². The molecule has 0 heterocycles. The van der Waals surface area contributed by atoms with Crippen molar-refractivity contribution in [2.75, 3.05) is 0 Å². The number of benzene rings is 2. The van der Waals surface area contributed by atoms with Crippen LogP contribution < -0.4 is 29.8 Å². The van der Waals surface area contributed by atoms with Gasteiger partial charge in [-0.25, -0.2) is 0 Å². The summed E-state index contributed by atoms with van der Waals surface area (Å²) >= 11 is 0. The zero-order valence-corrected chi connectivity index (χ0v) is 21.1. The van der Waals surface area contributed by atoms with Gasteiger partial charge in [0.1, 0.15) is 8.24 Å². The third kappa shape index (κ3) is 4.61. The van der Waals surface area contributed by atoms with Crippen LogP contribution in [0, 0.1) is 0 Å². The van der Waals surface area contributed by atoms with Gasteiger partial charge in [-0.1, -0.05) is 61.6 Å². The fourth-order valence-corrected chi connectivity index (χ4v) is 8.11. The van der Waals surface area contributed by atoms with Crippen LogP contribution in [0.15, 0.2) is 48.5 Å². The van der Waals surface area contributed by atoms with Crippen molar-refractivity contribution in [3.05, 3.63) is 59.7 Å². The molecular formula is C19H25Cl2HfNSi. The maximum Gasteiger partial charge on any atom is 2.00 e. The molecule has 0 aromatic heterocycles. The minimum atomic E-state index is -1.66. The van der Waals surface area contributed by atoms with Crippen LogP contribution in [0.1, 0.15) is 37.4 Å². The fourth-order valence-electron chi connectivity index (χ4n) is 3.97. The number of fused-ring (bicyclic) bond motifs is 3. The molecule has 0 saturated heterocycles. The van der Waals surface area contributed by atoms with Gasteiger partial charge in [0.05, 0.1) is 0 Å². The number of halogens is 2. The van der Waals surface area contributed by atoms with Gasteiger partial charge in [-0.15, -0.1) is 0 Å². The van der Waals surface area contributed by atoms with Crippen LogP contribution in [-0.4, -0.2) is 13.8 Å². The Morgan fingerprint density at radius 1 is 0.792 bits per heavy atom. The van der Waals surface area contributed by atoms with Crippen LogP contribution in [0.5, 0.6) is 0 Å². The van der Waals surface area contributed by atoms with E-state index in [-0.39, 0.29) is 56.2 Å². The first kappa shape index (κ1) is 24.1. The molecule has 0 saturated carbocycles. The van der Waals surface area contributed by atoms with Crippen molar-refractivity contribution in [1.82, 2.24) is 4.98 Å². The Kier molecular flexibility index (Phi) is 8.66. The summed E-state index contributed by atoms with van der Waals surface area (Å²) in [7, 11) is -1.66. The second-order valence-electron chi connectivity index (χ2n) is 7.70. The van der Waals surface area contributed by atoms with E-state index >= 15 is 0 Å². The average molecular weight is 545 g/mol. The Labute approximate surface area is 178 Å². The number of rotatable bonds is 2. The molecular weight excluding hydrogens is 520 g/mol. The molecule has 0 radical (unpaired) electrons. The number of hydrogen-bond acceptors (Lipinski definition) is 1. The van der Waals surface area contributed by atoms with E-state index in [1.54, 1.807) is 0 Å². The minimum absolute atomic E-state index is 0. The molecule has 0 amide bonds. The Morgan fingerprint density at radius 2 is 1.17 bits per heavy atom. The van der Waals surface area contributed by atoms with Gasteiger partial charge < -0.3 is 29.8 Å². The van der Waals surface area contributed by atoms with E-state index in [4.69, 9.17) is 0 Å². The van der Waals surface area contributed by atoms with Gasteiger partial charge >= 0.3 is 25.8 Å². The molecule has 1 aliphatic rings. The van der Waals surface area contributed by atoms with Crippen molar-refractivity contribution < 1.29 is 50.7 Å². The van der Waals surface area contributed by atoms with Crippen molar-refractivity contribution in [2.24, 2.45) is 0 Å². The van der Waals surface area contributed by atoms with Crippen LogP contribution in [0.25, 0.3) is 11.1 Å². The predicted octanol–water partition coefficient (Wildman–Crippen LogP) is -1.06. The van der Waals surface area contributed by atoms with Crippen molar-refractivity contribution >= 4 is 8.24 Å². The van der Waals surface area contributed by atoms with E-state index in [2.05, 4.69) is 87.4 Å². The van der Waals surface area contributed by atoms with Crippen molar-refractivity contribution in [1.29, 1.82) is 0 Å². The Bertz CT molecular complexity index is 638. The average Bonchev–Trinajstić information content (AvgIpc) is 2.71. The van der Waals surface area contributed by atoms with Gasteiger partial charge in [0.15, 0.2) is 0 Å². The number of hydrogen-bond donors (Lipinski definition) is 1. The van der Waals surface area contributed by atoms with Gasteiger partial charge in [-0.3, -0.25) is 0 Å². The van der Waals surface area contributed by atoms with Crippen LogP contribution in [0.4, 0.5) is 0 Å². The molecule has 2 aromatic rings. The SMILES string of the molecule is CC(C)(C)N[Si](C)(C)C1c2ccccc2-c2ccccc21.[Cl-].[Cl-].[Hf+2]. The molecule has 1 N–H and O–H groups in total. The second kappa shape index (κ2) is 8.63. The Hall–Kier alpha value is 0.0670. The first-order chi connectivity index (χ1) is 9.80. The standard InChI is InChI=1S/C19H25NSi.2ClH.Hf/c1-19(2,3)20-21(4,5)18-16-12-8-6-10-14(16)15-11-7-9-13-17(15)18;;;/h6-13,18,20H,1-5H3;2*1H;/q;;;+2/p-2. The maximum atomic E-state index is 3.96. The van der Waals surface area contributed by atoms with Crippen molar-refractivity contribution in [3.63, 3.8) is 0 Å². The molecule has 0 spiro atoms. The minimum Gasteiger partial charge on any atom is -1.00 e. The van der Waals surface area contributed by atoms with Crippen LogP contribution >= 0.6 is 0 Å². The van der Waals surface area contributed by atoms with Crippen LogP contribution in [0.2, 0.25) is 13.1 Å². The predicted molar refractivity (Wildman–Crippen MR) is 94.1 cm³/mol. The molecule has 0 aliphatic heterocycles. The topological polar surface area (TPSA) is 12.0 Å². The van der Waals surface area contributed by atoms with E-state index < -0.39 is 8.24 Å². The Morgan fingerprint density at radius 3 is 1.54 bits per heavy atom. The van der Waals surface area contributed by atoms with E-state index in [1.807, 2.05) is 0 Å². The second-order valence-corrected chi connectivity index (χ2v) is 12.0. The summed E-state index contributed by atoms with van der Waals surface area (Å²) in [5, 5.41) is 0. The molecule has 0 bridgehead atoms. The fraction of sp³-hybridized carbons (Fsp3) is 0.368. The van der Waals surface area contributed by atoms with Gasteiger partial charge in [0, 0.05) is 11.1 Å². The molecule has 1 nitrogen and oxygen atoms in total. The summed E-state index contributed by atoms with van der Waals surface area (Å²) in [5.74, 6) is 0. The molecule has 24 heavy (non-hydrogen) atoms. The van der Waals surface area contributed by atoms with Crippen molar-refractivity contribution in [2.45, 2.75) is 44.9 Å². The first-order valence-corrected chi connectivity index (χ1v) is 10.8. The first-order valence-electron chi connectivity index (χ1n) is 7.77. The molecule has 3 rings (SSSR count). The van der Waals surface area contributed by atoms with E-state index in [9.17, 15) is 0 Å².